The smallest absolute Gasteiger partial charge is 0.245 e. The van der Waals surface area contributed by atoms with Crippen LogP contribution in [0.1, 0.15) is 13.8 Å². The van der Waals surface area contributed by atoms with Crippen LogP contribution in [0.3, 0.4) is 0 Å². The summed E-state index contributed by atoms with van der Waals surface area (Å²) in [5, 5.41) is 5.38. The van der Waals surface area contributed by atoms with E-state index in [-0.39, 0.29) is 11.8 Å². The molecule has 0 aromatic heterocycles. The van der Waals surface area contributed by atoms with Gasteiger partial charge in [-0.2, -0.15) is 0 Å². The number of alkyl halides is 1. The molecule has 0 fully saturated rings. The van der Waals surface area contributed by atoms with Gasteiger partial charge in [-0.15, -0.1) is 11.6 Å². The van der Waals surface area contributed by atoms with E-state index in [0.717, 1.165) is 17.1 Å². The summed E-state index contributed by atoms with van der Waals surface area (Å²) in [6, 6.07) is 0. The lowest BCUT2D eigenvalue weighted by Crippen LogP contribution is -2.55. The highest BCUT2D eigenvalue weighted by atomic mass is 35.5. The van der Waals surface area contributed by atoms with E-state index in [4.69, 9.17) is 0 Å². The number of hydrogen-bond donors (Lipinski definition) is 2. The zero-order valence-corrected chi connectivity index (χ0v) is 13.6. The van der Waals surface area contributed by atoms with Crippen LogP contribution in [0, 0.1) is 0 Å². The number of nitrogens with zero attached hydrogens (tertiary/aromatic N) is 1. The highest BCUT2D eigenvalue weighted by Gasteiger charge is 2.28. The van der Waals surface area contributed by atoms with Crippen molar-refractivity contribution in [3.8, 4) is 0 Å². The van der Waals surface area contributed by atoms with Crippen molar-refractivity contribution >= 4 is 23.4 Å². The topological polar surface area (TPSA) is 58.2 Å². The second-order valence-electron chi connectivity index (χ2n) is 5.59. The molecule has 0 aliphatic rings. The van der Waals surface area contributed by atoms with Crippen molar-refractivity contribution in [2.24, 2.45) is 0 Å². The summed E-state index contributed by atoms with van der Waals surface area (Å²) in [5.41, 5.74) is -0.920. The van der Waals surface area contributed by atoms with Gasteiger partial charge >= 0.3 is 0 Å². The molecule has 0 saturated carbocycles. The lowest BCUT2D eigenvalue weighted by molar-refractivity contribution is -0.869. The predicted octanol–water partition coefficient (Wildman–Crippen LogP) is 0.745. The zero-order valence-electron chi connectivity index (χ0n) is 12.8. The first-order valence-corrected chi connectivity index (χ1v) is 6.75. The molecule has 112 valence electrons. The minimum absolute atomic E-state index is 0.193. The number of halogens is 1. The highest BCUT2D eigenvalue weighted by Crippen LogP contribution is 2.02. The molecule has 0 spiro atoms. The first-order chi connectivity index (χ1) is 8.58. The fraction of sp³-hybridized carbons (Fsp3) is 0.692. The summed E-state index contributed by atoms with van der Waals surface area (Å²) >= 11 is 4.64. The normalized spacial score (nSPS) is 10.9. The summed E-state index contributed by atoms with van der Waals surface area (Å²) in [6.45, 7) is 8.09. The lowest BCUT2D eigenvalue weighted by Gasteiger charge is -2.27. The quantitative estimate of drug-likeness (QED) is 0.431. The molecule has 0 atom stereocenters. The molecule has 0 radical (unpaired) electrons. The monoisotopic (exact) mass is 292 g/mol. The van der Waals surface area contributed by atoms with Gasteiger partial charge < -0.3 is 15.1 Å². The maximum absolute atomic E-state index is 11.8. The van der Waals surface area contributed by atoms with Crippen molar-refractivity contribution in [2.45, 2.75) is 19.4 Å². The lowest BCUT2D eigenvalue weighted by atomic mass is 10.0. The van der Waals surface area contributed by atoms with Gasteiger partial charge in [-0.3, -0.25) is 9.59 Å². The van der Waals surface area contributed by atoms with Crippen molar-refractivity contribution < 1.29 is 14.1 Å². The number of rotatable bonds is 6. The average molecular weight is 293 g/mol. The molecule has 0 saturated heterocycles. The van der Waals surface area contributed by atoms with Crippen LogP contribution < -0.4 is 10.6 Å². The van der Waals surface area contributed by atoms with E-state index in [0.29, 0.717) is 6.54 Å². The highest BCUT2D eigenvalue weighted by molar-refractivity contribution is 6.15. The Hall–Kier alpha value is -1.07. The fourth-order valence-corrected chi connectivity index (χ4v) is 1.14. The van der Waals surface area contributed by atoms with Gasteiger partial charge in [-0.25, -0.2) is 0 Å². The summed E-state index contributed by atoms with van der Waals surface area (Å²) in [7, 11) is 6.16. The molecule has 0 aliphatic heterocycles. The maximum atomic E-state index is 11.8. The average Bonchev–Trinajstić information content (AvgIpc) is 2.29. The van der Waals surface area contributed by atoms with Gasteiger partial charge in [0.05, 0.1) is 34.2 Å². The maximum Gasteiger partial charge on any atom is 0.245 e. The van der Waals surface area contributed by atoms with Crippen LogP contribution in [0.25, 0.3) is 0 Å². The Kier molecular flexibility index (Phi) is 9.52. The molecule has 0 bridgehead atoms. The van der Waals surface area contributed by atoms with Crippen LogP contribution in [0.15, 0.2) is 12.7 Å². The molecule has 0 aromatic carbocycles. The van der Waals surface area contributed by atoms with Crippen LogP contribution in [0.5, 0.6) is 0 Å². The Labute approximate surface area is 121 Å². The predicted molar refractivity (Wildman–Crippen MR) is 80.1 cm³/mol. The third-order valence-electron chi connectivity index (χ3n) is 2.26. The SMILES string of the molecule is C=CC(=O)NC(C)(C)C(=O)NCC[N+](C)(C)C.CCl. The van der Waals surface area contributed by atoms with Crippen molar-refractivity contribution in [2.75, 3.05) is 40.6 Å². The third kappa shape index (κ3) is 10.5. The van der Waals surface area contributed by atoms with Gasteiger partial charge in [0.1, 0.15) is 5.54 Å². The van der Waals surface area contributed by atoms with Gasteiger partial charge in [-0.05, 0) is 19.9 Å². The van der Waals surface area contributed by atoms with E-state index in [9.17, 15) is 9.59 Å². The number of nitrogens with one attached hydrogen (secondary N) is 2. The zero-order chi connectivity index (χ0) is 15.7. The molecule has 0 aromatic rings. The minimum Gasteiger partial charge on any atom is -0.348 e. The van der Waals surface area contributed by atoms with E-state index < -0.39 is 5.54 Å². The number of amides is 2. The second-order valence-corrected chi connectivity index (χ2v) is 5.59. The molecule has 0 aliphatic carbocycles. The van der Waals surface area contributed by atoms with Crippen LogP contribution >= 0.6 is 11.6 Å². The summed E-state index contributed by atoms with van der Waals surface area (Å²) < 4.78 is 0.778. The molecule has 0 unspecified atom stereocenters. The van der Waals surface area contributed by atoms with Crippen LogP contribution in [0.4, 0.5) is 0 Å². The summed E-state index contributed by atoms with van der Waals surface area (Å²) in [4.78, 5) is 23.0. The summed E-state index contributed by atoms with van der Waals surface area (Å²) in [5.74, 6) is -0.544. The molecule has 5 nitrogen and oxygen atoms in total. The van der Waals surface area contributed by atoms with Gasteiger partial charge in [-0.1, -0.05) is 6.58 Å². The van der Waals surface area contributed by atoms with E-state index in [1.54, 1.807) is 13.8 Å². The summed E-state index contributed by atoms with van der Waals surface area (Å²) in [6.07, 6.45) is 2.63. The molecule has 6 heteroatoms. The Bertz CT molecular complexity index is 310. The van der Waals surface area contributed by atoms with Crippen LogP contribution in [-0.2, 0) is 9.59 Å². The van der Waals surface area contributed by atoms with Crippen molar-refractivity contribution in [3.05, 3.63) is 12.7 Å². The third-order valence-corrected chi connectivity index (χ3v) is 2.26. The fourth-order valence-electron chi connectivity index (χ4n) is 1.14. The van der Waals surface area contributed by atoms with Gasteiger partial charge in [0.25, 0.3) is 0 Å². The molecule has 0 heterocycles. The first-order valence-electron chi connectivity index (χ1n) is 5.99. The van der Waals surface area contributed by atoms with Crippen molar-refractivity contribution in [1.29, 1.82) is 0 Å². The van der Waals surface area contributed by atoms with Crippen LogP contribution in [0.2, 0.25) is 0 Å². The van der Waals surface area contributed by atoms with E-state index in [2.05, 4.69) is 50.0 Å². The second kappa shape index (κ2) is 8.93. The van der Waals surface area contributed by atoms with Gasteiger partial charge in [0.15, 0.2) is 0 Å². The Morgan fingerprint density at radius 3 is 2.11 bits per heavy atom. The number of hydrogen-bond acceptors (Lipinski definition) is 2. The van der Waals surface area contributed by atoms with Gasteiger partial charge in [0.2, 0.25) is 11.8 Å². The molecule has 0 rings (SSSR count). The van der Waals surface area contributed by atoms with Crippen LogP contribution in [-0.4, -0.2) is 62.5 Å². The Balaban J connectivity index is 0. The van der Waals surface area contributed by atoms with E-state index >= 15 is 0 Å². The molecule has 19 heavy (non-hydrogen) atoms. The molecular weight excluding hydrogens is 266 g/mol. The van der Waals surface area contributed by atoms with Crippen molar-refractivity contribution in [3.63, 3.8) is 0 Å². The molecular formula is C13H27ClN3O2+. The Morgan fingerprint density at radius 2 is 1.74 bits per heavy atom. The number of likely N-dealkylation sites (N-methyl/N-ethyl adjacent to an activating group) is 1. The van der Waals surface area contributed by atoms with Gasteiger partial charge in [0, 0.05) is 6.38 Å². The number of quaternary nitrogens is 1. The number of carbonyl (C=O) groups is 2. The molecule has 2 N–H and O–H groups in total. The standard InChI is InChI=1S/C12H23N3O2.CH3Cl/c1-7-10(16)14-12(2,3)11(17)13-8-9-15(4,5)6;1-2/h7H,1,8-9H2,2-6H3,(H-,13,14,16,17);1H3/p+1. The molecule has 2 amide bonds. The minimum atomic E-state index is -0.920. The largest absolute Gasteiger partial charge is 0.348 e. The van der Waals surface area contributed by atoms with E-state index in [1.165, 1.54) is 6.38 Å². The van der Waals surface area contributed by atoms with E-state index in [1.807, 2.05) is 0 Å². The van der Waals surface area contributed by atoms with Crippen molar-refractivity contribution in [1.82, 2.24) is 10.6 Å². The Morgan fingerprint density at radius 1 is 1.26 bits per heavy atom. The first kappa shape index (κ1) is 20.3. The number of carbonyl (C=O) groups excluding carboxylic acids is 2.